The molecule has 0 unspecified atom stereocenters. The average Bonchev–Trinajstić information content (AvgIpc) is 2.88. The Morgan fingerprint density at radius 3 is 2.95 bits per heavy atom. The number of halogens is 1. The van der Waals surface area contributed by atoms with Gasteiger partial charge in [0.05, 0.1) is 13.2 Å². The van der Waals surface area contributed by atoms with E-state index in [9.17, 15) is 4.79 Å². The van der Waals surface area contributed by atoms with Crippen LogP contribution in [0, 0.1) is 0 Å². The molecule has 0 aliphatic heterocycles. The molecule has 0 saturated carbocycles. The molecule has 0 saturated heterocycles. The molecule has 1 amide bonds. The fourth-order valence-electron chi connectivity index (χ4n) is 1.66. The monoisotopic (exact) mass is 353 g/mol. The van der Waals surface area contributed by atoms with Crippen molar-refractivity contribution in [3.63, 3.8) is 0 Å². The Morgan fingerprint density at radius 2 is 2.25 bits per heavy atom. The van der Waals surface area contributed by atoms with E-state index < -0.39 is 0 Å². The third-order valence-corrected chi connectivity index (χ3v) is 4.31. The van der Waals surface area contributed by atoms with Gasteiger partial charge in [0.1, 0.15) is 5.75 Å². The topological polar surface area (TPSA) is 38.3 Å². The predicted octanol–water partition coefficient (Wildman–Crippen LogP) is 4.23. The van der Waals surface area contributed by atoms with Gasteiger partial charge in [0.2, 0.25) is 0 Å². The van der Waals surface area contributed by atoms with Crippen LogP contribution in [-0.4, -0.2) is 12.5 Å². The molecule has 0 radical (unpaired) electrons. The van der Waals surface area contributed by atoms with Crippen LogP contribution in [0.2, 0.25) is 0 Å². The highest BCUT2D eigenvalue weighted by Crippen LogP contribution is 2.19. The van der Waals surface area contributed by atoms with Gasteiger partial charge in [-0.3, -0.25) is 4.79 Å². The maximum Gasteiger partial charge on any atom is 0.251 e. The van der Waals surface area contributed by atoms with Crippen molar-refractivity contribution >= 4 is 33.2 Å². The lowest BCUT2D eigenvalue weighted by atomic mass is 10.2. The molecular formula is C15H16BrNO2S. The summed E-state index contributed by atoms with van der Waals surface area (Å²) < 4.78 is 6.57. The van der Waals surface area contributed by atoms with Crippen LogP contribution in [0.3, 0.4) is 0 Å². The molecule has 0 aliphatic carbocycles. The van der Waals surface area contributed by atoms with Crippen LogP contribution in [0.25, 0.3) is 0 Å². The number of ether oxygens (including phenoxy) is 1. The van der Waals surface area contributed by atoms with E-state index in [4.69, 9.17) is 4.74 Å². The Balaban J connectivity index is 1.94. The predicted molar refractivity (Wildman–Crippen MR) is 85.4 cm³/mol. The molecule has 20 heavy (non-hydrogen) atoms. The summed E-state index contributed by atoms with van der Waals surface area (Å²) in [5.41, 5.74) is 0.620. The van der Waals surface area contributed by atoms with E-state index in [-0.39, 0.29) is 5.91 Å². The third kappa shape index (κ3) is 4.35. The molecular weight excluding hydrogens is 338 g/mol. The minimum absolute atomic E-state index is 0.0866. The van der Waals surface area contributed by atoms with E-state index in [2.05, 4.69) is 28.2 Å². The van der Waals surface area contributed by atoms with Gasteiger partial charge in [-0.25, -0.2) is 0 Å². The van der Waals surface area contributed by atoms with Gasteiger partial charge in [-0.1, -0.05) is 13.0 Å². The fraction of sp³-hybridized carbons (Fsp3) is 0.267. The number of carbonyl (C=O) groups is 1. The lowest BCUT2D eigenvalue weighted by molar-refractivity contribution is 0.0951. The minimum Gasteiger partial charge on any atom is -0.494 e. The number of nitrogens with one attached hydrogen (secondary N) is 1. The molecule has 1 aromatic heterocycles. The number of benzene rings is 1. The van der Waals surface area contributed by atoms with Gasteiger partial charge in [-0.15, -0.1) is 11.3 Å². The van der Waals surface area contributed by atoms with Crippen molar-refractivity contribution in [3.05, 3.63) is 50.6 Å². The first kappa shape index (κ1) is 15.1. The van der Waals surface area contributed by atoms with Crippen molar-refractivity contribution in [2.45, 2.75) is 19.9 Å². The highest BCUT2D eigenvalue weighted by atomic mass is 79.9. The highest BCUT2D eigenvalue weighted by Gasteiger charge is 2.07. The van der Waals surface area contributed by atoms with Crippen molar-refractivity contribution in [1.29, 1.82) is 0 Å². The first-order valence-electron chi connectivity index (χ1n) is 6.43. The molecule has 0 aliphatic rings. The summed E-state index contributed by atoms with van der Waals surface area (Å²) in [6, 6.07) is 9.27. The summed E-state index contributed by atoms with van der Waals surface area (Å²) in [7, 11) is 0. The first-order valence-corrected chi connectivity index (χ1v) is 8.10. The molecule has 1 aromatic carbocycles. The summed E-state index contributed by atoms with van der Waals surface area (Å²) in [5.74, 6) is 0.648. The smallest absolute Gasteiger partial charge is 0.251 e. The molecule has 1 N–H and O–H groups in total. The Hall–Kier alpha value is -1.33. The van der Waals surface area contributed by atoms with Gasteiger partial charge >= 0.3 is 0 Å². The number of thiophene rings is 1. The van der Waals surface area contributed by atoms with E-state index >= 15 is 0 Å². The van der Waals surface area contributed by atoms with Gasteiger partial charge in [0.25, 0.3) is 5.91 Å². The third-order valence-electron chi connectivity index (χ3n) is 2.61. The van der Waals surface area contributed by atoms with Crippen molar-refractivity contribution < 1.29 is 9.53 Å². The zero-order valence-electron chi connectivity index (χ0n) is 11.2. The largest absolute Gasteiger partial charge is 0.494 e. The van der Waals surface area contributed by atoms with Crippen LogP contribution in [0.1, 0.15) is 28.6 Å². The van der Waals surface area contributed by atoms with Crippen molar-refractivity contribution in [1.82, 2.24) is 5.32 Å². The molecule has 2 aromatic rings. The summed E-state index contributed by atoms with van der Waals surface area (Å²) in [6.07, 6.45) is 0.948. The van der Waals surface area contributed by atoms with E-state index in [0.29, 0.717) is 18.7 Å². The number of carbonyl (C=O) groups excluding carboxylic acids is 1. The van der Waals surface area contributed by atoms with Crippen LogP contribution in [0.15, 0.2) is 40.2 Å². The Kier molecular flexibility index (Phi) is 5.61. The van der Waals surface area contributed by atoms with E-state index in [1.807, 2.05) is 23.6 Å². The first-order chi connectivity index (χ1) is 9.69. The van der Waals surface area contributed by atoms with E-state index in [1.165, 1.54) is 0 Å². The van der Waals surface area contributed by atoms with Crippen LogP contribution in [0.4, 0.5) is 0 Å². The summed E-state index contributed by atoms with van der Waals surface area (Å²) in [5, 5.41) is 4.91. The minimum atomic E-state index is -0.0866. The van der Waals surface area contributed by atoms with E-state index in [1.54, 1.807) is 23.5 Å². The van der Waals surface area contributed by atoms with E-state index in [0.717, 1.165) is 21.5 Å². The molecule has 2 rings (SSSR count). The molecule has 0 spiro atoms. The Morgan fingerprint density at radius 1 is 1.40 bits per heavy atom. The Bertz CT molecular complexity index is 583. The lowest BCUT2D eigenvalue weighted by Gasteiger charge is -2.07. The second-order valence-corrected chi connectivity index (χ2v) is 6.20. The molecule has 0 fully saturated rings. The number of rotatable bonds is 6. The van der Waals surface area contributed by atoms with Gasteiger partial charge in [-0.05, 0) is 46.6 Å². The highest BCUT2D eigenvalue weighted by molar-refractivity contribution is 9.10. The zero-order chi connectivity index (χ0) is 14.4. The van der Waals surface area contributed by atoms with Crippen molar-refractivity contribution in [2.75, 3.05) is 6.61 Å². The van der Waals surface area contributed by atoms with Crippen LogP contribution < -0.4 is 10.1 Å². The van der Waals surface area contributed by atoms with Gasteiger partial charge in [0, 0.05) is 20.3 Å². The lowest BCUT2D eigenvalue weighted by Crippen LogP contribution is -2.22. The summed E-state index contributed by atoms with van der Waals surface area (Å²) >= 11 is 5.01. The quantitative estimate of drug-likeness (QED) is 0.843. The number of hydrogen-bond donors (Lipinski definition) is 1. The van der Waals surface area contributed by atoms with Crippen LogP contribution >= 0.6 is 27.3 Å². The second kappa shape index (κ2) is 7.45. The molecule has 0 atom stereocenters. The summed E-state index contributed by atoms with van der Waals surface area (Å²) in [6.45, 7) is 3.25. The van der Waals surface area contributed by atoms with Crippen LogP contribution in [0.5, 0.6) is 5.75 Å². The van der Waals surface area contributed by atoms with Crippen molar-refractivity contribution in [3.8, 4) is 5.75 Å². The van der Waals surface area contributed by atoms with Crippen LogP contribution in [-0.2, 0) is 6.54 Å². The molecule has 1 heterocycles. The standard InChI is InChI=1S/C15H16BrNO2S/c1-2-6-19-13-5-3-4-11(7-13)15(18)17-9-14-8-12(16)10-20-14/h3-5,7-8,10H,2,6,9H2,1H3,(H,17,18). The average molecular weight is 354 g/mol. The maximum absolute atomic E-state index is 12.1. The molecule has 3 nitrogen and oxygen atoms in total. The number of hydrogen-bond acceptors (Lipinski definition) is 3. The van der Waals surface area contributed by atoms with Gasteiger partial charge in [0.15, 0.2) is 0 Å². The van der Waals surface area contributed by atoms with Crippen molar-refractivity contribution in [2.24, 2.45) is 0 Å². The fourth-order valence-corrected chi connectivity index (χ4v) is 3.05. The SMILES string of the molecule is CCCOc1cccc(C(=O)NCc2cc(Br)cs2)c1. The second-order valence-electron chi connectivity index (χ2n) is 4.29. The molecule has 5 heteroatoms. The summed E-state index contributed by atoms with van der Waals surface area (Å²) in [4.78, 5) is 13.2. The number of amides is 1. The van der Waals surface area contributed by atoms with Gasteiger partial charge < -0.3 is 10.1 Å². The Labute approximate surface area is 131 Å². The molecule has 106 valence electrons. The molecule has 0 bridgehead atoms. The zero-order valence-corrected chi connectivity index (χ0v) is 13.6. The van der Waals surface area contributed by atoms with Gasteiger partial charge in [-0.2, -0.15) is 0 Å². The normalized spacial score (nSPS) is 10.3. The maximum atomic E-state index is 12.1.